The fraction of sp³-hybridized carbons (Fsp3) is 0.333. The lowest BCUT2D eigenvalue weighted by atomic mass is 10.3. The van der Waals surface area contributed by atoms with Gasteiger partial charge in [0.2, 0.25) is 0 Å². The van der Waals surface area contributed by atoms with Crippen molar-refractivity contribution in [1.29, 1.82) is 0 Å². The molecule has 0 aliphatic rings. The van der Waals surface area contributed by atoms with Crippen LogP contribution >= 0.6 is 11.3 Å². The van der Waals surface area contributed by atoms with E-state index in [0.29, 0.717) is 0 Å². The monoisotopic (exact) mass is 208 g/mol. The molecule has 0 aliphatic carbocycles. The molecule has 2 aromatic heterocycles. The maximum Gasteiger partial charge on any atom is 0.0794 e. The predicted molar refractivity (Wildman–Crippen MR) is 55.9 cm³/mol. The summed E-state index contributed by atoms with van der Waals surface area (Å²) in [5, 5.41) is 7.43. The Hall–Kier alpha value is -1.20. The highest BCUT2D eigenvalue weighted by atomic mass is 32.1. The fourth-order valence-corrected chi connectivity index (χ4v) is 1.79. The van der Waals surface area contributed by atoms with E-state index in [1.165, 1.54) is 10.4 Å². The summed E-state index contributed by atoms with van der Waals surface area (Å²) in [6, 6.07) is 0. The third kappa shape index (κ3) is 2.40. The number of nitrogens with one attached hydrogen (secondary N) is 1. The van der Waals surface area contributed by atoms with Gasteiger partial charge in [0.15, 0.2) is 0 Å². The zero-order valence-electron chi connectivity index (χ0n) is 7.97. The molecule has 14 heavy (non-hydrogen) atoms. The van der Waals surface area contributed by atoms with Crippen molar-refractivity contribution in [1.82, 2.24) is 20.1 Å². The third-order valence-electron chi connectivity index (χ3n) is 1.87. The zero-order chi connectivity index (χ0) is 9.80. The van der Waals surface area contributed by atoms with Crippen LogP contribution in [0.4, 0.5) is 0 Å². The molecule has 0 atom stereocenters. The Bertz CT molecular complexity index is 379. The molecule has 0 bridgehead atoms. The van der Waals surface area contributed by atoms with Crippen molar-refractivity contribution < 1.29 is 0 Å². The van der Waals surface area contributed by atoms with Crippen molar-refractivity contribution in [2.75, 3.05) is 0 Å². The Morgan fingerprint density at radius 3 is 3.00 bits per heavy atom. The molecule has 0 aromatic carbocycles. The summed E-state index contributed by atoms with van der Waals surface area (Å²) in [5.41, 5.74) is 3.05. The van der Waals surface area contributed by atoms with Gasteiger partial charge < -0.3 is 5.32 Å². The number of hydrogen-bond acceptors (Lipinski definition) is 4. The molecule has 74 valence electrons. The van der Waals surface area contributed by atoms with Gasteiger partial charge in [0.1, 0.15) is 0 Å². The average Bonchev–Trinajstić information content (AvgIpc) is 2.77. The summed E-state index contributed by atoms with van der Waals surface area (Å²) in [6.07, 6.45) is 5.78. The molecule has 0 spiro atoms. The van der Waals surface area contributed by atoms with Gasteiger partial charge in [-0.2, -0.15) is 5.10 Å². The van der Waals surface area contributed by atoms with Gasteiger partial charge >= 0.3 is 0 Å². The van der Waals surface area contributed by atoms with Crippen LogP contribution < -0.4 is 5.32 Å². The van der Waals surface area contributed by atoms with Gasteiger partial charge in [-0.3, -0.25) is 9.67 Å². The first-order valence-corrected chi connectivity index (χ1v) is 5.28. The summed E-state index contributed by atoms with van der Waals surface area (Å²) in [6.45, 7) is 1.73. The van der Waals surface area contributed by atoms with E-state index in [1.807, 2.05) is 35.8 Å². The topological polar surface area (TPSA) is 42.7 Å². The predicted octanol–water partition coefficient (Wildman–Crippen LogP) is 1.17. The third-order valence-corrected chi connectivity index (χ3v) is 2.65. The summed E-state index contributed by atoms with van der Waals surface area (Å²) in [5.74, 6) is 0. The number of aryl methyl sites for hydroxylation is 1. The fourth-order valence-electron chi connectivity index (χ4n) is 1.22. The Labute approximate surface area is 86.6 Å². The molecule has 0 unspecified atom stereocenters. The van der Waals surface area contributed by atoms with Gasteiger partial charge in [-0.1, -0.05) is 0 Å². The van der Waals surface area contributed by atoms with Crippen LogP contribution in [0.25, 0.3) is 0 Å². The molecule has 1 N–H and O–H groups in total. The maximum atomic E-state index is 4.10. The molecule has 0 fully saturated rings. The molecule has 2 heterocycles. The largest absolute Gasteiger partial charge is 0.308 e. The second kappa shape index (κ2) is 4.34. The second-order valence-electron chi connectivity index (χ2n) is 3.09. The highest BCUT2D eigenvalue weighted by Gasteiger charge is 1.96. The van der Waals surface area contributed by atoms with E-state index in [2.05, 4.69) is 15.4 Å². The molecule has 2 aromatic rings. The first-order valence-electron chi connectivity index (χ1n) is 4.40. The number of hydrogen-bond donors (Lipinski definition) is 1. The minimum atomic E-state index is 0.853. The maximum absolute atomic E-state index is 4.10. The van der Waals surface area contributed by atoms with E-state index in [4.69, 9.17) is 0 Å². The van der Waals surface area contributed by atoms with Crippen molar-refractivity contribution in [3.63, 3.8) is 0 Å². The van der Waals surface area contributed by atoms with Crippen LogP contribution in [0.5, 0.6) is 0 Å². The molecular weight excluding hydrogens is 196 g/mol. The smallest absolute Gasteiger partial charge is 0.0794 e. The van der Waals surface area contributed by atoms with Crippen LogP contribution in [0.3, 0.4) is 0 Å². The summed E-state index contributed by atoms with van der Waals surface area (Å²) in [4.78, 5) is 5.27. The minimum absolute atomic E-state index is 0.853. The van der Waals surface area contributed by atoms with Gasteiger partial charge in [0.05, 0.1) is 11.7 Å². The molecule has 2 rings (SSSR count). The Balaban J connectivity index is 1.78. The summed E-state index contributed by atoms with van der Waals surface area (Å²) < 4.78 is 1.81. The molecule has 0 aliphatic heterocycles. The average molecular weight is 208 g/mol. The van der Waals surface area contributed by atoms with Crippen LogP contribution in [0, 0.1) is 0 Å². The number of rotatable bonds is 4. The quantitative estimate of drug-likeness (QED) is 0.820. The zero-order valence-corrected chi connectivity index (χ0v) is 8.79. The van der Waals surface area contributed by atoms with Gasteiger partial charge in [0.25, 0.3) is 0 Å². The van der Waals surface area contributed by atoms with Crippen LogP contribution in [0.15, 0.2) is 24.1 Å². The van der Waals surface area contributed by atoms with E-state index in [-0.39, 0.29) is 0 Å². The number of thiazole rings is 1. The van der Waals surface area contributed by atoms with Crippen molar-refractivity contribution >= 4 is 11.3 Å². The lowest BCUT2D eigenvalue weighted by Crippen LogP contribution is -2.11. The highest BCUT2D eigenvalue weighted by Crippen LogP contribution is 2.04. The highest BCUT2D eigenvalue weighted by molar-refractivity contribution is 7.09. The van der Waals surface area contributed by atoms with Crippen molar-refractivity contribution in [3.8, 4) is 0 Å². The van der Waals surface area contributed by atoms with Gasteiger partial charge in [-0.25, -0.2) is 0 Å². The Morgan fingerprint density at radius 2 is 2.36 bits per heavy atom. The van der Waals surface area contributed by atoms with E-state index in [9.17, 15) is 0 Å². The standard InChI is InChI=1S/C9H12N4S/c1-13-6-8(3-12-13)2-10-4-9-5-11-7-14-9/h3,5-7,10H,2,4H2,1H3. The van der Waals surface area contributed by atoms with E-state index in [1.54, 1.807) is 11.3 Å². The minimum Gasteiger partial charge on any atom is -0.308 e. The molecule has 0 saturated carbocycles. The first kappa shape index (κ1) is 9.36. The second-order valence-corrected chi connectivity index (χ2v) is 4.06. The van der Waals surface area contributed by atoms with Crippen molar-refractivity contribution in [2.45, 2.75) is 13.1 Å². The van der Waals surface area contributed by atoms with Crippen molar-refractivity contribution in [2.24, 2.45) is 7.05 Å². The lowest BCUT2D eigenvalue weighted by Gasteiger charge is -1.98. The number of aromatic nitrogens is 3. The van der Waals surface area contributed by atoms with Crippen LogP contribution in [0.1, 0.15) is 10.4 Å². The molecule has 0 radical (unpaired) electrons. The van der Waals surface area contributed by atoms with Gasteiger partial charge in [0, 0.05) is 43.0 Å². The van der Waals surface area contributed by atoms with E-state index < -0.39 is 0 Å². The molecular formula is C9H12N4S. The molecule has 0 amide bonds. The lowest BCUT2D eigenvalue weighted by molar-refractivity contribution is 0.698. The molecule has 5 heteroatoms. The van der Waals surface area contributed by atoms with E-state index >= 15 is 0 Å². The van der Waals surface area contributed by atoms with Crippen LogP contribution in [0.2, 0.25) is 0 Å². The Morgan fingerprint density at radius 1 is 1.43 bits per heavy atom. The van der Waals surface area contributed by atoms with E-state index in [0.717, 1.165) is 13.1 Å². The SMILES string of the molecule is Cn1cc(CNCc2cncs2)cn1. The van der Waals surface area contributed by atoms with Crippen LogP contribution in [-0.2, 0) is 20.1 Å². The summed E-state index contributed by atoms with van der Waals surface area (Å²) in [7, 11) is 1.92. The Kier molecular flexibility index (Phi) is 2.90. The van der Waals surface area contributed by atoms with Crippen molar-refractivity contribution in [3.05, 3.63) is 34.5 Å². The summed E-state index contributed by atoms with van der Waals surface area (Å²) >= 11 is 1.67. The molecule has 4 nitrogen and oxygen atoms in total. The number of nitrogens with zero attached hydrogens (tertiary/aromatic N) is 3. The van der Waals surface area contributed by atoms with Gasteiger partial charge in [-0.15, -0.1) is 11.3 Å². The normalized spacial score (nSPS) is 10.6. The van der Waals surface area contributed by atoms with Crippen LogP contribution in [-0.4, -0.2) is 14.8 Å². The molecule has 0 saturated heterocycles. The van der Waals surface area contributed by atoms with Gasteiger partial charge in [-0.05, 0) is 0 Å². The first-order chi connectivity index (χ1) is 6.84.